The predicted octanol–water partition coefficient (Wildman–Crippen LogP) is 4.34. The van der Waals surface area contributed by atoms with Gasteiger partial charge in [-0.05, 0) is 36.6 Å². The van der Waals surface area contributed by atoms with Crippen LogP contribution in [0.3, 0.4) is 0 Å². The Bertz CT molecular complexity index is 1630. The number of imidazole rings is 1. The highest BCUT2D eigenvalue weighted by Gasteiger charge is 2.24. The summed E-state index contributed by atoms with van der Waals surface area (Å²) in [5.41, 5.74) is 8.64. The van der Waals surface area contributed by atoms with Gasteiger partial charge in [-0.15, -0.1) is 5.10 Å². The number of carbonyl (C=O) groups is 3. The van der Waals surface area contributed by atoms with Crippen molar-refractivity contribution < 1.29 is 23.5 Å². The van der Waals surface area contributed by atoms with Crippen LogP contribution in [-0.4, -0.2) is 44.6 Å². The van der Waals surface area contributed by atoms with Crippen molar-refractivity contribution in [3.8, 4) is 16.9 Å². The number of carbonyl (C=O) groups excluding carboxylic acids is 3. The van der Waals surface area contributed by atoms with E-state index in [-0.39, 0.29) is 40.8 Å². The highest BCUT2D eigenvalue weighted by atomic mass is 35.5. The summed E-state index contributed by atoms with van der Waals surface area (Å²) in [4.78, 5) is 45.6. The lowest BCUT2D eigenvalue weighted by molar-refractivity contribution is -0.139. The zero-order valence-corrected chi connectivity index (χ0v) is 22.8. The summed E-state index contributed by atoms with van der Waals surface area (Å²) in [5.74, 6) is -1.34. The SMILES string of the molecule is COC(=O)Cc1ccc2c(c1)NC(=O)CCCC[C@H](NC(=O)c1cn(-c3cccc(Cl)c3F)nc1N)c1ncc-2[nH]1. The molecule has 0 aliphatic carbocycles. The van der Waals surface area contributed by atoms with E-state index < -0.39 is 23.7 Å². The van der Waals surface area contributed by atoms with E-state index in [4.69, 9.17) is 22.1 Å². The molecule has 212 valence electrons. The fourth-order valence-corrected chi connectivity index (χ4v) is 4.81. The number of benzene rings is 2. The number of H-pyrrole nitrogens is 1. The fourth-order valence-electron chi connectivity index (χ4n) is 4.64. The number of hydrogen-bond acceptors (Lipinski definition) is 7. The number of halogens is 2. The average Bonchev–Trinajstić information content (AvgIpc) is 3.58. The molecule has 0 unspecified atom stereocenters. The molecule has 0 radical (unpaired) electrons. The lowest BCUT2D eigenvalue weighted by Crippen LogP contribution is -2.29. The van der Waals surface area contributed by atoms with Crippen LogP contribution in [0.5, 0.6) is 0 Å². The Labute approximate surface area is 239 Å². The average molecular weight is 580 g/mol. The normalized spacial score (nSPS) is 15.2. The number of rotatable bonds is 5. The first-order valence-electron chi connectivity index (χ1n) is 12.9. The molecule has 1 aliphatic rings. The minimum Gasteiger partial charge on any atom is -0.469 e. The number of nitrogen functional groups attached to an aromatic ring is 1. The summed E-state index contributed by atoms with van der Waals surface area (Å²) in [6.07, 6.45) is 4.97. The molecule has 5 N–H and O–H groups in total. The summed E-state index contributed by atoms with van der Waals surface area (Å²) in [6, 6.07) is 9.21. The molecule has 1 aliphatic heterocycles. The van der Waals surface area contributed by atoms with Crippen LogP contribution in [0, 0.1) is 5.82 Å². The van der Waals surface area contributed by atoms with Crippen molar-refractivity contribution in [1.29, 1.82) is 0 Å². The van der Waals surface area contributed by atoms with Gasteiger partial charge in [0, 0.05) is 18.2 Å². The Morgan fingerprint density at radius 3 is 2.90 bits per heavy atom. The Morgan fingerprint density at radius 2 is 2.10 bits per heavy atom. The molecule has 41 heavy (non-hydrogen) atoms. The number of nitrogens with one attached hydrogen (secondary N) is 3. The van der Waals surface area contributed by atoms with E-state index in [1.54, 1.807) is 30.5 Å². The van der Waals surface area contributed by atoms with Gasteiger partial charge in [-0.2, -0.15) is 0 Å². The first-order valence-corrected chi connectivity index (χ1v) is 13.3. The molecule has 0 saturated carbocycles. The highest BCUT2D eigenvalue weighted by molar-refractivity contribution is 6.30. The van der Waals surface area contributed by atoms with Crippen LogP contribution in [0.2, 0.25) is 5.02 Å². The molecule has 2 amide bonds. The summed E-state index contributed by atoms with van der Waals surface area (Å²) < 4.78 is 20.5. The number of fused-ring (bicyclic) bond motifs is 4. The van der Waals surface area contributed by atoms with Crippen LogP contribution in [0.25, 0.3) is 16.9 Å². The molecule has 5 rings (SSSR count). The molecule has 0 spiro atoms. The third-order valence-corrected chi connectivity index (χ3v) is 7.06. The van der Waals surface area contributed by atoms with E-state index >= 15 is 0 Å². The molecule has 0 saturated heterocycles. The number of amides is 2. The number of aromatic nitrogens is 4. The van der Waals surface area contributed by atoms with Gasteiger partial charge >= 0.3 is 5.97 Å². The fraction of sp³-hybridized carbons (Fsp3) is 0.250. The monoisotopic (exact) mass is 579 g/mol. The van der Waals surface area contributed by atoms with Crippen LogP contribution in [0.1, 0.15) is 53.5 Å². The Kier molecular flexibility index (Phi) is 8.02. The molecule has 11 nitrogen and oxygen atoms in total. The topological polar surface area (TPSA) is 157 Å². The van der Waals surface area contributed by atoms with Crippen molar-refractivity contribution in [2.45, 2.75) is 38.1 Å². The molecule has 3 heterocycles. The zero-order valence-electron chi connectivity index (χ0n) is 22.0. The first-order chi connectivity index (χ1) is 19.7. The molecule has 2 bridgehead atoms. The number of nitrogens with zero attached hydrogens (tertiary/aromatic N) is 3. The third kappa shape index (κ3) is 6.07. The number of esters is 1. The number of ether oxygens (including phenoxy) is 1. The number of aromatic amines is 1. The maximum absolute atomic E-state index is 14.5. The van der Waals surface area contributed by atoms with E-state index in [9.17, 15) is 18.8 Å². The largest absolute Gasteiger partial charge is 0.469 e. The summed E-state index contributed by atoms with van der Waals surface area (Å²) in [7, 11) is 1.32. The zero-order chi connectivity index (χ0) is 29.1. The van der Waals surface area contributed by atoms with Gasteiger partial charge in [0.05, 0.1) is 42.2 Å². The number of nitrogens with two attached hydrogens (primary N) is 1. The van der Waals surface area contributed by atoms with Gasteiger partial charge in [-0.25, -0.2) is 14.1 Å². The van der Waals surface area contributed by atoms with Crippen LogP contribution in [0.15, 0.2) is 48.8 Å². The van der Waals surface area contributed by atoms with Crippen molar-refractivity contribution >= 4 is 40.9 Å². The highest BCUT2D eigenvalue weighted by Crippen LogP contribution is 2.31. The van der Waals surface area contributed by atoms with Crippen molar-refractivity contribution in [2.75, 3.05) is 18.2 Å². The van der Waals surface area contributed by atoms with Gasteiger partial charge in [-0.1, -0.05) is 36.2 Å². The Hall–Kier alpha value is -4.71. The molecule has 13 heteroatoms. The minimum absolute atomic E-state index is 0.0524. The molecule has 0 fully saturated rings. The Balaban J connectivity index is 1.43. The van der Waals surface area contributed by atoms with Crippen molar-refractivity contribution in [2.24, 2.45) is 0 Å². The van der Waals surface area contributed by atoms with E-state index in [1.807, 2.05) is 0 Å². The first kappa shape index (κ1) is 27.8. The lowest BCUT2D eigenvalue weighted by Gasteiger charge is -2.18. The molecule has 4 aromatic rings. The summed E-state index contributed by atoms with van der Waals surface area (Å²) >= 11 is 5.89. The smallest absolute Gasteiger partial charge is 0.309 e. The number of anilines is 2. The summed E-state index contributed by atoms with van der Waals surface area (Å²) in [6.45, 7) is 0. The number of methoxy groups -OCH3 is 1. The van der Waals surface area contributed by atoms with Gasteiger partial charge in [0.15, 0.2) is 11.6 Å². The van der Waals surface area contributed by atoms with E-state index in [0.717, 1.165) is 0 Å². The van der Waals surface area contributed by atoms with Crippen LogP contribution in [0.4, 0.5) is 15.9 Å². The maximum atomic E-state index is 14.5. The maximum Gasteiger partial charge on any atom is 0.309 e. The van der Waals surface area contributed by atoms with Gasteiger partial charge in [0.1, 0.15) is 17.1 Å². The van der Waals surface area contributed by atoms with E-state index in [2.05, 4.69) is 25.7 Å². The van der Waals surface area contributed by atoms with Gasteiger partial charge in [0.2, 0.25) is 5.91 Å². The minimum atomic E-state index is -0.687. The van der Waals surface area contributed by atoms with Crippen molar-refractivity contribution in [1.82, 2.24) is 25.1 Å². The van der Waals surface area contributed by atoms with Crippen LogP contribution in [-0.2, 0) is 20.7 Å². The van der Waals surface area contributed by atoms with Crippen molar-refractivity contribution in [3.05, 3.63) is 76.6 Å². The molecule has 1 atom stereocenters. The molecular formula is C28H27ClFN7O4. The molecule has 2 aromatic heterocycles. The quantitative estimate of drug-likeness (QED) is 0.256. The van der Waals surface area contributed by atoms with E-state index in [1.165, 1.54) is 30.1 Å². The van der Waals surface area contributed by atoms with Crippen LogP contribution >= 0.6 is 11.6 Å². The summed E-state index contributed by atoms with van der Waals surface area (Å²) in [5, 5.41) is 9.90. The molecular weight excluding hydrogens is 553 g/mol. The second kappa shape index (κ2) is 11.8. The van der Waals surface area contributed by atoms with Crippen LogP contribution < -0.4 is 16.4 Å². The van der Waals surface area contributed by atoms with Gasteiger partial charge in [0.25, 0.3) is 5.91 Å². The third-order valence-electron chi connectivity index (χ3n) is 6.77. The lowest BCUT2D eigenvalue weighted by atomic mass is 10.0. The molecule has 2 aromatic carbocycles. The second-order valence-electron chi connectivity index (χ2n) is 9.58. The predicted molar refractivity (Wildman–Crippen MR) is 150 cm³/mol. The second-order valence-corrected chi connectivity index (χ2v) is 9.99. The Morgan fingerprint density at radius 1 is 1.27 bits per heavy atom. The van der Waals surface area contributed by atoms with Gasteiger partial charge in [-0.3, -0.25) is 14.4 Å². The van der Waals surface area contributed by atoms with E-state index in [0.29, 0.717) is 47.6 Å². The van der Waals surface area contributed by atoms with Gasteiger partial charge < -0.3 is 26.1 Å². The standard InChI is InChI=1S/C28H27ClFN7O4/c1-41-24(39)12-15-9-10-16-20(11-15)33-23(38)8-3-2-6-19(27-32-13-21(16)34-27)35-28(40)17-14-37(36-26(17)31)22-7-4-5-18(29)25(22)30/h4-5,7,9-11,13-14,19H,2-3,6,8,12H2,1H3,(H2,31,36)(H,32,34)(H,33,38)(H,35,40)/t19-/m0/s1. The van der Waals surface area contributed by atoms with Crippen molar-refractivity contribution in [3.63, 3.8) is 0 Å². The number of hydrogen-bond donors (Lipinski definition) is 4.